The molecule has 0 unspecified atom stereocenters. The van der Waals surface area contributed by atoms with E-state index in [1.807, 2.05) is 11.5 Å². The average molecular weight is 599 g/mol. The van der Waals surface area contributed by atoms with Crippen LogP contribution in [0, 0.1) is 12.7 Å². The summed E-state index contributed by atoms with van der Waals surface area (Å²) < 4.78 is 55.8. The zero-order valence-corrected chi connectivity index (χ0v) is 23.9. The van der Waals surface area contributed by atoms with Gasteiger partial charge in [0.15, 0.2) is 0 Å². The molecule has 4 nitrogen and oxygen atoms in total. The van der Waals surface area contributed by atoms with Crippen LogP contribution in [-0.4, -0.2) is 34.1 Å². The van der Waals surface area contributed by atoms with Crippen LogP contribution in [0.15, 0.2) is 58.9 Å². The van der Waals surface area contributed by atoms with Crippen molar-refractivity contribution in [2.24, 2.45) is 0 Å². The molecule has 2 aliphatic heterocycles. The number of aryl methyl sites for hydroxylation is 2. The van der Waals surface area contributed by atoms with Gasteiger partial charge in [0, 0.05) is 43.9 Å². The summed E-state index contributed by atoms with van der Waals surface area (Å²) in [6, 6.07) is 11.3. The van der Waals surface area contributed by atoms with Crippen molar-refractivity contribution in [3.05, 3.63) is 104 Å². The molecule has 0 saturated carbocycles. The third-order valence-electron chi connectivity index (χ3n) is 7.68. The van der Waals surface area contributed by atoms with Crippen LogP contribution < -0.4 is 5.56 Å². The largest absolute Gasteiger partial charge is 0.416 e. The van der Waals surface area contributed by atoms with Gasteiger partial charge in [0.05, 0.1) is 5.56 Å². The lowest BCUT2D eigenvalue weighted by Crippen LogP contribution is -2.36. The second-order valence-corrected chi connectivity index (χ2v) is 10.2. The van der Waals surface area contributed by atoms with Gasteiger partial charge in [-0.1, -0.05) is 29.8 Å². The quantitative estimate of drug-likeness (QED) is 0.296. The molecule has 3 heterocycles. The van der Waals surface area contributed by atoms with Gasteiger partial charge in [0.2, 0.25) is 0 Å². The van der Waals surface area contributed by atoms with Crippen LogP contribution >= 0.6 is 24.8 Å². The predicted molar refractivity (Wildman–Crippen MR) is 154 cm³/mol. The number of rotatable bonds is 5. The van der Waals surface area contributed by atoms with Gasteiger partial charge >= 0.3 is 6.18 Å². The van der Waals surface area contributed by atoms with Crippen molar-refractivity contribution < 1.29 is 17.6 Å². The number of hydrogen-bond donors (Lipinski definition) is 0. The number of benzene rings is 2. The zero-order valence-electron chi connectivity index (χ0n) is 22.3. The number of halogens is 6. The standard InChI is InChI=1S/C30H31F4N3O.2ClH/c1-20-26(29(38)37-15-3-2-7-27(37)35-20)14-18-36-16-12-22(13-17-36)28(21-8-10-25(31)11-9-21)23-5-4-6-24(19-23)30(32,33)34;;/h4-6,8-11,19H,2-3,7,12-18H2,1H3;2*1H. The smallest absolute Gasteiger partial charge is 0.302 e. The highest BCUT2D eigenvalue weighted by atomic mass is 35.5. The van der Waals surface area contributed by atoms with E-state index in [1.54, 1.807) is 18.2 Å². The van der Waals surface area contributed by atoms with Crippen molar-refractivity contribution in [2.75, 3.05) is 19.6 Å². The Labute approximate surface area is 243 Å². The van der Waals surface area contributed by atoms with E-state index in [1.165, 1.54) is 24.3 Å². The molecular weight excluding hydrogens is 565 g/mol. The minimum Gasteiger partial charge on any atom is -0.302 e. The summed E-state index contributed by atoms with van der Waals surface area (Å²) in [4.78, 5) is 20.1. The molecule has 5 rings (SSSR count). The first-order valence-electron chi connectivity index (χ1n) is 13.2. The molecule has 2 aliphatic rings. The van der Waals surface area contributed by atoms with Gasteiger partial charge in [0.25, 0.3) is 5.56 Å². The van der Waals surface area contributed by atoms with E-state index in [2.05, 4.69) is 4.90 Å². The van der Waals surface area contributed by atoms with Crippen molar-refractivity contribution in [1.82, 2.24) is 14.5 Å². The van der Waals surface area contributed by atoms with E-state index < -0.39 is 11.7 Å². The van der Waals surface area contributed by atoms with Gasteiger partial charge in [0.1, 0.15) is 11.6 Å². The Morgan fingerprint density at radius 3 is 2.30 bits per heavy atom. The molecule has 0 amide bonds. The lowest BCUT2D eigenvalue weighted by atomic mass is 9.87. The van der Waals surface area contributed by atoms with Crippen molar-refractivity contribution in [3.8, 4) is 0 Å². The van der Waals surface area contributed by atoms with Gasteiger partial charge in [-0.3, -0.25) is 9.36 Å². The first-order valence-corrected chi connectivity index (χ1v) is 13.2. The predicted octanol–water partition coefficient (Wildman–Crippen LogP) is 7.03. The molecule has 10 heteroatoms. The lowest BCUT2D eigenvalue weighted by Gasteiger charge is -2.30. The maximum absolute atomic E-state index is 13.6. The second kappa shape index (κ2) is 13.3. The minimum absolute atomic E-state index is 0. The summed E-state index contributed by atoms with van der Waals surface area (Å²) in [6.07, 6.45) is 0.457. The maximum Gasteiger partial charge on any atom is 0.416 e. The summed E-state index contributed by atoms with van der Waals surface area (Å²) in [7, 11) is 0. The second-order valence-electron chi connectivity index (χ2n) is 10.2. The highest BCUT2D eigenvalue weighted by molar-refractivity contribution is 5.85. The molecule has 0 N–H and O–H groups in total. The molecule has 0 atom stereocenters. The van der Waals surface area contributed by atoms with Crippen LogP contribution in [-0.2, 0) is 25.6 Å². The first kappa shape index (κ1) is 31.8. The first-order chi connectivity index (χ1) is 18.2. The lowest BCUT2D eigenvalue weighted by molar-refractivity contribution is -0.137. The summed E-state index contributed by atoms with van der Waals surface area (Å²) in [6.45, 7) is 4.83. The number of likely N-dealkylation sites (tertiary alicyclic amines) is 1. The Bertz CT molecular complexity index is 1410. The fourth-order valence-electron chi connectivity index (χ4n) is 5.63. The van der Waals surface area contributed by atoms with Gasteiger partial charge in [-0.15, -0.1) is 24.8 Å². The van der Waals surface area contributed by atoms with Crippen LogP contribution in [0.2, 0.25) is 0 Å². The summed E-state index contributed by atoms with van der Waals surface area (Å²) in [5.74, 6) is 0.498. The monoisotopic (exact) mass is 597 g/mol. The molecule has 3 aromatic rings. The van der Waals surface area contributed by atoms with Crippen molar-refractivity contribution in [2.45, 2.75) is 58.2 Å². The van der Waals surface area contributed by atoms with Gasteiger partial charge in [-0.25, -0.2) is 9.37 Å². The van der Waals surface area contributed by atoms with Crippen LogP contribution in [0.5, 0.6) is 0 Å². The molecule has 1 saturated heterocycles. The third-order valence-corrected chi connectivity index (χ3v) is 7.68. The van der Waals surface area contributed by atoms with E-state index in [4.69, 9.17) is 4.98 Å². The summed E-state index contributed by atoms with van der Waals surface area (Å²) in [5, 5.41) is 0. The molecule has 1 aromatic heterocycles. The van der Waals surface area contributed by atoms with Gasteiger partial charge in [-0.05, 0) is 80.0 Å². The molecule has 0 bridgehead atoms. The number of aromatic nitrogens is 2. The van der Waals surface area contributed by atoms with Crippen LogP contribution in [0.1, 0.15) is 59.5 Å². The molecule has 0 aliphatic carbocycles. The number of piperidine rings is 1. The number of hydrogen-bond acceptors (Lipinski definition) is 3. The molecule has 1 fully saturated rings. The van der Waals surface area contributed by atoms with E-state index in [-0.39, 0.29) is 36.2 Å². The van der Waals surface area contributed by atoms with Crippen LogP contribution in [0.3, 0.4) is 0 Å². The molecule has 2 aromatic carbocycles. The maximum atomic E-state index is 13.6. The van der Waals surface area contributed by atoms with Crippen molar-refractivity contribution in [3.63, 3.8) is 0 Å². The van der Waals surface area contributed by atoms with E-state index >= 15 is 0 Å². The molecular formula is C30H33Cl2F4N3O. The molecule has 216 valence electrons. The number of fused-ring (bicyclic) bond motifs is 1. The fourth-order valence-corrected chi connectivity index (χ4v) is 5.63. The number of nitrogens with zero attached hydrogens (tertiary/aromatic N) is 3. The fraction of sp³-hybridized carbons (Fsp3) is 0.400. The van der Waals surface area contributed by atoms with Crippen molar-refractivity contribution >= 4 is 30.4 Å². The van der Waals surface area contributed by atoms with Crippen molar-refractivity contribution in [1.29, 1.82) is 0 Å². The van der Waals surface area contributed by atoms with Crippen LogP contribution in [0.25, 0.3) is 5.57 Å². The van der Waals surface area contributed by atoms with E-state index in [0.717, 1.165) is 79.7 Å². The zero-order chi connectivity index (χ0) is 26.9. The average Bonchev–Trinajstić information content (AvgIpc) is 2.90. The van der Waals surface area contributed by atoms with E-state index in [0.29, 0.717) is 30.4 Å². The minimum atomic E-state index is -4.44. The Kier molecular flexibility index (Phi) is 10.6. The Morgan fingerprint density at radius 2 is 1.62 bits per heavy atom. The topological polar surface area (TPSA) is 38.1 Å². The summed E-state index contributed by atoms with van der Waals surface area (Å²) in [5.41, 5.74) is 3.94. The van der Waals surface area contributed by atoms with Crippen LogP contribution in [0.4, 0.5) is 17.6 Å². The highest BCUT2D eigenvalue weighted by Crippen LogP contribution is 2.36. The Hall–Kier alpha value is -2.68. The number of alkyl halides is 3. The highest BCUT2D eigenvalue weighted by Gasteiger charge is 2.31. The van der Waals surface area contributed by atoms with E-state index in [9.17, 15) is 22.4 Å². The summed E-state index contributed by atoms with van der Waals surface area (Å²) >= 11 is 0. The van der Waals surface area contributed by atoms with Gasteiger partial charge < -0.3 is 4.90 Å². The molecule has 40 heavy (non-hydrogen) atoms. The SMILES string of the molecule is Cc1nc2n(c(=O)c1CCN1CCC(=C(c3ccc(F)cc3)c3cccc(C(F)(F)F)c3)CC1)CCCC2.Cl.Cl. The Balaban J connectivity index is 0.00000220. The third kappa shape index (κ3) is 6.96. The molecule has 0 spiro atoms. The molecule has 0 radical (unpaired) electrons. The normalized spacial score (nSPS) is 15.6. The Morgan fingerprint density at radius 1 is 0.925 bits per heavy atom. The van der Waals surface area contributed by atoms with Gasteiger partial charge in [-0.2, -0.15) is 13.2 Å².